The van der Waals surface area contributed by atoms with Crippen LogP contribution in [-0.4, -0.2) is 50.9 Å². The molecular formula is C13H19N3O4. The van der Waals surface area contributed by atoms with E-state index in [9.17, 15) is 4.79 Å². The van der Waals surface area contributed by atoms with Crippen molar-refractivity contribution in [3.63, 3.8) is 0 Å². The Morgan fingerprint density at radius 2 is 2.10 bits per heavy atom. The van der Waals surface area contributed by atoms with Crippen LogP contribution in [0.25, 0.3) is 0 Å². The van der Waals surface area contributed by atoms with Gasteiger partial charge in [0.2, 0.25) is 0 Å². The molecule has 0 aliphatic carbocycles. The Hall–Kier alpha value is -2.12. The van der Waals surface area contributed by atoms with Gasteiger partial charge in [-0.25, -0.2) is 0 Å². The van der Waals surface area contributed by atoms with Crippen molar-refractivity contribution in [2.75, 3.05) is 38.9 Å². The van der Waals surface area contributed by atoms with Crippen molar-refractivity contribution in [1.29, 1.82) is 0 Å². The van der Waals surface area contributed by atoms with E-state index in [1.807, 2.05) is 0 Å². The fraction of sp³-hybridized carbons (Fsp3) is 0.385. The normalized spacial score (nSPS) is 11.4. The van der Waals surface area contributed by atoms with Crippen molar-refractivity contribution < 1.29 is 19.5 Å². The number of amides is 1. The number of benzene rings is 1. The summed E-state index contributed by atoms with van der Waals surface area (Å²) in [4.78, 5) is 13.4. The molecule has 1 aromatic carbocycles. The first-order valence-corrected chi connectivity index (χ1v) is 6.02. The number of likely N-dealkylation sites (N-methyl/N-ethyl adjacent to an activating group) is 1. The van der Waals surface area contributed by atoms with Gasteiger partial charge in [-0.3, -0.25) is 4.79 Å². The van der Waals surface area contributed by atoms with Gasteiger partial charge in [-0.15, -0.1) is 0 Å². The topological polar surface area (TPSA) is 97.4 Å². The maximum absolute atomic E-state index is 12.0. The third kappa shape index (κ3) is 4.22. The van der Waals surface area contributed by atoms with Crippen LogP contribution in [0.3, 0.4) is 0 Å². The molecular weight excluding hydrogens is 262 g/mol. The molecule has 0 aliphatic rings. The number of rotatable bonds is 7. The molecule has 1 amide bonds. The van der Waals surface area contributed by atoms with Crippen LogP contribution in [0.1, 0.15) is 5.56 Å². The summed E-state index contributed by atoms with van der Waals surface area (Å²) in [5.74, 6) is -0.292. The van der Waals surface area contributed by atoms with Crippen LogP contribution in [0.15, 0.2) is 29.4 Å². The second-order valence-corrected chi connectivity index (χ2v) is 4.00. The number of ether oxygens (including phenoxy) is 2. The smallest absolute Gasteiger partial charge is 0.252 e. The van der Waals surface area contributed by atoms with Crippen LogP contribution in [0, 0.1) is 0 Å². The molecule has 0 atom stereocenters. The van der Waals surface area contributed by atoms with Gasteiger partial charge in [-0.2, -0.15) is 0 Å². The van der Waals surface area contributed by atoms with Crippen molar-refractivity contribution in [2.45, 2.75) is 0 Å². The molecule has 0 spiro atoms. The molecule has 0 saturated heterocycles. The summed E-state index contributed by atoms with van der Waals surface area (Å²) >= 11 is 0. The molecule has 0 aromatic heterocycles. The third-order valence-electron chi connectivity index (χ3n) is 2.68. The summed E-state index contributed by atoms with van der Waals surface area (Å²) in [7, 11) is 3.16. The summed E-state index contributed by atoms with van der Waals surface area (Å²) in [6.45, 7) is 0.708. The molecule has 20 heavy (non-hydrogen) atoms. The van der Waals surface area contributed by atoms with E-state index < -0.39 is 0 Å². The molecule has 0 heterocycles. The zero-order chi connectivity index (χ0) is 15.0. The Bertz CT molecular complexity index is 476. The second kappa shape index (κ2) is 8.13. The minimum atomic E-state index is -0.237. The summed E-state index contributed by atoms with van der Waals surface area (Å²) in [5, 5.41) is 11.7. The van der Waals surface area contributed by atoms with Gasteiger partial charge >= 0.3 is 0 Å². The molecule has 3 N–H and O–H groups in total. The lowest BCUT2D eigenvalue weighted by molar-refractivity contribution is -0.123. The lowest BCUT2D eigenvalue weighted by Gasteiger charge is -2.20. The molecule has 1 aromatic rings. The Morgan fingerprint density at radius 1 is 1.40 bits per heavy atom. The van der Waals surface area contributed by atoms with Crippen LogP contribution in [0.4, 0.5) is 5.69 Å². The van der Waals surface area contributed by atoms with Crippen molar-refractivity contribution in [3.05, 3.63) is 29.8 Å². The monoisotopic (exact) mass is 281 g/mol. The van der Waals surface area contributed by atoms with Crippen molar-refractivity contribution >= 4 is 17.4 Å². The van der Waals surface area contributed by atoms with Crippen LogP contribution in [-0.2, 0) is 14.3 Å². The van der Waals surface area contributed by atoms with Crippen LogP contribution < -0.4 is 10.6 Å². The van der Waals surface area contributed by atoms with Crippen LogP contribution in [0.2, 0.25) is 0 Å². The van der Waals surface area contributed by atoms with Crippen molar-refractivity contribution in [1.82, 2.24) is 0 Å². The Kier molecular flexibility index (Phi) is 6.48. The first-order valence-electron chi connectivity index (χ1n) is 6.02. The van der Waals surface area contributed by atoms with Gasteiger partial charge in [0, 0.05) is 19.7 Å². The molecule has 0 fully saturated rings. The predicted octanol–water partition coefficient (Wildman–Crippen LogP) is 0.407. The lowest BCUT2D eigenvalue weighted by Crippen LogP contribution is -2.32. The minimum Gasteiger partial charge on any atom is -0.409 e. The maximum Gasteiger partial charge on any atom is 0.252 e. The highest BCUT2D eigenvalue weighted by Crippen LogP contribution is 2.19. The molecule has 0 saturated carbocycles. The predicted molar refractivity (Wildman–Crippen MR) is 75.1 cm³/mol. The van der Waals surface area contributed by atoms with Crippen molar-refractivity contribution in [2.24, 2.45) is 10.9 Å². The lowest BCUT2D eigenvalue weighted by atomic mass is 10.1. The largest absolute Gasteiger partial charge is 0.409 e. The summed E-state index contributed by atoms with van der Waals surface area (Å²) in [5.41, 5.74) is 6.61. The summed E-state index contributed by atoms with van der Waals surface area (Å²) < 4.78 is 10.0. The fourth-order valence-electron chi connectivity index (χ4n) is 1.57. The third-order valence-corrected chi connectivity index (χ3v) is 2.68. The number of amidine groups is 1. The zero-order valence-electron chi connectivity index (χ0n) is 11.6. The number of hydrogen-bond donors (Lipinski definition) is 2. The first kappa shape index (κ1) is 15.9. The molecule has 7 heteroatoms. The summed E-state index contributed by atoms with van der Waals surface area (Å²) in [6, 6.07) is 6.88. The van der Waals surface area contributed by atoms with E-state index in [2.05, 4.69) is 5.16 Å². The van der Waals surface area contributed by atoms with E-state index in [0.29, 0.717) is 24.5 Å². The summed E-state index contributed by atoms with van der Waals surface area (Å²) in [6.07, 6.45) is 0. The molecule has 0 unspecified atom stereocenters. The minimum absolute atomic E-state index is 0.0550. The van der Waals surface area contributed by atoms with Crippen LogP contribution in [0.5, 0.6) is 0 Å². The van der Waals surface area contributed by atoms with Crippen LogP contribution >= 0.6 is 0 Å². The Labute approximate surface area is 117 Å². The number of hydrogen-bond acceptors (Lipinski definition) is 5. The quantitative estimate of drug-likeness (QED) is 0.248. The van der Waals surface area contributed by atoms with E-state index in [4.69, 9.17) is 20.4 Å². The molecule has 7 nitrogen and oxygen atoms in total. The SMILES string of the molecule is COCCOCC(=O)N(C)c1ccccc1/C(N)=N/O. The number of para-hydroxylation sites is 1. The fourth-order valence-corrected chi connectivity index (χ4v) is 1.57. The standard InChI is InChI=1S/C13H19N3O4/c1-16(12(17)9-20-8-7-19-2)11-6-4-3-5-10(11)13(14)15-18/h3-6,18H,7-9H2,1-2H3,(H2,14,15). The van der Waals surface area contributed by atoms with Gasteiger partial charge < -0.3 is 25.3 Å². The number of nitrogens with zero attached hydrogens (tertiary/aromatic N) is 2. The van der Waals surface area contributed by atoms with E-state index in [1.54, 1.807) is 38.4 Å². The van der Waals surface area contributed by atoms with Gasteiger partial charge in [0.15, 0.2) is 5.84 Å². The van der Waals surface area contributed by atoms with E-state index in [1.165, 1.54) is 4.90 Å². The van der Waals surface area contributed by atoms with Gasteiger partial charge in [0.05, 0.1) is 18.9 Å². The van der Waals surface area contributed by atoms with E-state index >= 15 is 0 Å². The molecule has 110 valence electrons. The van der Waals surface area contributed by atoms with E-state index in [0.717, 1.165) is 0 Å². The van der Waals surface area contributed by atoms with Gasteiger partial charge in [0.25, 0.3) is 5.91 Å². The Morgan fingerprint density at radius 3 is 2.75 bits per heavy atom. The highest BCUT2D eigenvalue weighted by molar-refractivity contribution is 6.06. The number of carbonyl (C=O) groups is 1. The van der Waals surface area contributed by atoms with Gasteiger partial charge in [-0.1, -0.05) is 17.3 Å². The highest BCUT2D eigenvalue weighted by Gasteiger charge is 2.16. The van der Waals surface area contributed by atoms with Gasteiger partial charge in [0.1, 0.15) is 6.61 Å². The zero-order valence-corrected chi connectivity index (χ0v) is 11.6. The molecule has 0 radical (unpaired) electrons. The number of methoxy groups -OCH3 is 1. The van der Waals surface area contributed by atoms with Crippen molar-refractivity contribution in [3.8, 4) is 0 Å². The van der Waals surface area contributed by atoms with Gasteiger partial charge in [-0.05, 0) is 12.1 Å². The Balaban J connectivity index is 2.76. The maximum atomic E-state index is 12.0. The molecule has 1 rings (SSSR count). The number of carbonyl (C=O) groups excluding carboxylic acids is 1. The van der Waals surface area contributed by atoms with E-state index in [-0.39, 0.29) is 18.3 Å². The number of anilines is 1. The molecule has 0 bridgehead atoms. The molecule has 0 aliphatic heterocycles. The average molecular weight is 281 g/mol. The average Bonchev–Trinajstić information content (AvgIpc) is 2.49. The first-order chi connectivity index (χ1) is 9.61. The highest BCUT2D eigenvalue weighted by atomic mass is 16.5. The number of oxime groups is 1. The second-order valence-electron chi connectivity index (χ2n) is 4.00. The number of nitrogens with two attached hydrogens (primary N) is 1.